The highest BCUT2D eigenvalue weighted by Gasteiger charge is 2.21. The third-order valence-corrected chi connectivity index (χ3v) is 2.63. The number of carbonyl (C=O) groups is 1. The van der Waals surface area contributed by atoms with Gasteiger partial charge in [-0.15, -0.1) is 0 Å². The highest BCUT2D eigenvalue weighted by Crippen LogP contribution is 2.33. The molecule has 2 N–H and O–H groups in total. The third kappa shape index (κ3) is 1.45. The Morgan fingerprint density at radius 2 is 2.43 bits per heavy atom. The van der Waals surface area contributed by atoms with Gasteiger partial charge in [0.2, 0.25) is 0 Å². The highest BCUT2D eigenvalue weighted by atomic mass is 16.4. The first-order chi connectivity index (χ1) is 6.68. The fourth-order valence-corrected chi connectivity index (χ4v) is 2.03. The minimum absolute atomic E-state index is 0.120. The van der Waals surface area contributed by atoms with Gasteiger partial charge in [0.1, 0.15) is 0 Å². The van der Waals surface area contributed by atoms with Gasteiger partial charge in [0.05, 0.1) is 6.42 Å². The van der Waals surface area contributed by atoms with Crippen molar-refractivity contribution >= 4 is 11.7 Å². The SMILES string of the molecule is CC1CNc2cccc(CC(=O)O)c21. The fraction of sp³-hybridized carbons (Fsp3) is 0.364. The van der Waals surface area contributed by atoms with E-state index in [1.54, 1.807) is 0 Å². The molecule has 0 amide bonds. The van der Waals surface area contributed by atoms with Crippen molar-refractivity contribution in [2.24, 2.45) is 0 Å². The summed E-state index contributed by atoms with van der Waals surface area (Å²) < 4.78 is 0. The van der Waals surface area contributed by atoms with Crippen LogP contribution in [0.4, 0.5) is 5.69 Å². The van der Waals surface area contributed by atoms with Crippen LogP contribution in [0.2, 0.25) is 0 Å². The molecule has 0 aliphatic carbocycles. The minimum atomic E-state index is -0.766. The lowest BCUT2D eigenvalue weighted by Crippen LogP contribution is -2.04. The van der Waals surface area contributed by atoms with Crippen LogP contribution >= 0.6 is 0 Å². The molecule has 1 heterocycles. The monoisotopic (exact) mass is 191 g/mol. The Morgan fingerprint density at radius 1 is 1.64 bits per heavy atom. The summed E-state index contributed by atoms with van der Waals surface area (Å²) in [5.41, 5.74) is 3.21. The summed E-state index contributed by atoms with van der Waals surface area (Å²) in [6.45, 7) is 3.02. The number of rotatable bonds is 2. The Morgan fingerprint density at radius 3 is 3.14 bits per heavy atom. The molecule has 0 radical (unpaired) electrons. The standard InChI is InChI=1S/C11H13NO2/c1-7-6-12-9-4-2-3-8(11(7)9)5-10(13)14/h2-4,7,12H,5-6H2,1H3,(H,13,14). The van der Waals surface area contributed by atoms with Crippen LogP contribution in [0.25, 0.3) is 0 Å². The first-order valence-corrected chi connectivity index (χ1v) is 4.76. The zero-order valence-corrected chi connectivity index (χ0v) is 8.08. The summed E-state index contributed by atoms with van der Waals surface area (Å²) in [5.74, 6) is -0.349. The predicted molar refractivity (Wildman–Crippen MR) is 54.7 cm³/mol. The summed E-state index contributed by atoms with van der Waals surface area (Å²) in [6.07, 6.45) is 0.120. The molecule has 14 heavy (non-hydrogen) atoms. The van der Waals surface area contributed by atoms with E-state index in [4.69, 9.17) is 5.11 Å². The summed E-state index contributed by atoms with van der Waals surface area (Å²) in [6, 6.07) is 5.81. The second kappa shape index (κ2) is 3.33. The Labute approximate surface area is 82.8 Å². The van der Waals surface area contributed by atoms with E-state index in [-0.39, 0.29) is 6.42 Å². The molecule has 3 nitrogen and oxygen atoms in total. The van der Waals surface area contributed by atoms with Crippen LogP contribution in [0.3, 0.4) is 0 Å². The molecule has 0 fully saturated rings. The Kier molecular flexibility index (Phi) is 2.15. The normalized spacial score (nSPS) is 18.8. The number of nitrogens with one attached hydrogen (secondary N) is 1. The van der Waals surface area contributed by atoms with Crippen molar-refractivity contribution in [2.75, 3.05) is 11.9 Å². The van der Waals surface area contributed by atoms with Crippen molar-refractivity contribution in [2.45, 2.75) is 19.3 Å². The van der Waals surface area contributed by atoms with Gasteiger partial charge in [-0.05, 0) is 17.2 Å². The molecule has 1 aromatic rings. The average molecular weight is 191 g/mol. The second-order valence-corrected chi connectivity index (χ2v) is 3.73. The van der Waals surface area contributed by atoms with Crippen molar-refractivity contribution in [1.29, 1.82) is 0 Å². The molecular weight excluding hydrogens is 178 g/mol. The van der Waals surface area contributed by atoms with Gasteiger partial charge < -0.3 is 10.4 Å². The van der Waals surface area contributed by atoms with Crippen LogP contribution in [0.1, 0.15) is 24.0 Å². The van der Waals surface area contributed by atoms with E-state index in [9.17, 15) is 4.79 Å². The summed E-state index contributed by atoms with van der Waals surface area (Å²) >= 11 is 0. The molecule has 2 rings (SSSR count). The van der Waals surface area contributed by atoms with Crippen LogP contribution < -0.4 is 5.32 Å². The number of hydrogen-bond donors (Lipinski definition) is 2. The molecule has 0 spiro atoms. The Bertz CT molecular complexity index is 374. The molecule has 1 aromatic carbocycles. The molecule has 1 atom stereocenters. The molecule has 1 unspecified atom stereocenters. The predicted octanol–water partition coefficient (Wildman–Crippen LogP) is 1.84. The molecule has 3 heteroatoms. The smallest absolute Gasteiger partial charge is 0.307 e. The number of benzene rings is 1. The second-order valence-electron chi connectivity index (χ2n) is 3.73. The Hall–Kier alpha value is -1.51. The van der Waals surface area contributed by atoms with E-state index < -0.39 is 5.97 Å². The van der Waals surface area contributed by atoms with Crippen LogP contribution in [0, 0.1) is 0 Å². The van der Waals surface area contributed by atoms with Gasteiger partial charge in [0, 0.05) is 18.2 Å². The number of hydrogen-bond acceptors (Lipinski definition) is 2. The van der Waals surface area contributed by atoms with Crippen molar-refractivity contribution in [3.8, 4) is 0 Å². The van der Waals surface area contributed by atoms with Gasteiger partial charge in [-0.2, -0.15) is 0 Å². The van der Waals surface area contributed by atoms with Crippen LogP contribution in [-0.4, -0.2) is 17.6 Å². The molecule has 0 saturated heterocycles. The van der Waals surface area contributed by atoms with E-state index in [0.29, 0.717) is 5.92 Å². The Balaban J connectivity index is 2.41. The van der Waals surface area contributed by atoms with Crippen LogP contribution in [0.5, 0.6) is 0 Å². The highest BCUT2D eigenvalue weighted by molar-refractivity contribution is 5.73. The van der Waals surface area contributed by atoms with Crippen molar-refractivity contribution in [3.05, 3.63) is 29.3 Å². The summed E-state index contributed by atoms with van der Waals surface area (Å²) in [4.78, 5) is 10.7. The molecule has 74 valence electrons. The lowest BCUT2D eigenvalue weighted by molar-refractivity contribution is -0.136. The molecule has 0 saturated carbocycles. The largest absolute Gasteiger partial charge is 0.481 e. The number of anilines is 1. The minimum Gasteiger partial charge on any atom is -0.481 e. The summed E-state index contributed by atoms with van der Waals surface area (Å²) in [7, 11) is 0. The molecule has 0 aromatic heterocycles. The van der Waals surface area contributed by atoms with Crippen LogP contribution in [-0.2, 0) is 11.2 Å². The van der Waals surface area contributed by atoms with Gasteiger partial charge in [-0.25, -0.2) is 0 Å². The zero-order chi connectivity index (χ0) is 10.1. The van der Waals surface area contributed by atoms with Crippen LogP contribution in [0.15, 0.2) is 18.2 Å². The zero-order valence-electron chi connectivity index (χ0n) is 8.08. The van der Waals surface area contributed by atoms with E-state index >= 15 is 0 Å². The van der Waals surface area contributed by atoms with Gasteiger partial charge in [-0.1, -0.05) is 19.1 Å². The molecule has 1 aliphatic rings. The van der Waals surface area contributed by atoms with Gasteiger partial charge >= 0.3 is 5.97 Å². The van der Waals surface area contributed by atoms with E-state index in [1.807, 2.05) is 18.2 Å². The number of aliphatic carboxylic acids is 1. The molecular formula is C11H13NO2. The van der Waals surface area contributed by atoms with Gasteiger partial charge in [-0.3, -0.25) is 4.79 Å². The van der Waals surface area contributed by atoms with E-state index in [1.165, 1.54) is 5.56 Å². The van der Waals surface area contributed by atoms with Crippen molar-refractivity contribution in [1.82, 2.24) is 0 Å². The molecule has 0 bridgehead atoms. The maximum absolute atomic E-state index is 10.7. The van der Waals surface area contributed by atoms with E-state index in [2.05, 4.69) is 12.2 Å². The van der Waals surface area contributed by atoms with Crippen molar-refractivity contribution in [3.63, 3.8) is 0 Å². The lowest BCUT2D eigenvalue weighted by Gasteiger charge is -2.08. The quantitative estimate of drug-likeness (QED) is 0.750. The average Bonchev–Trinajstić information content (AvgIpc) is 2.48. The maximum Gasteiger partial charge on any atom is 0.307 e. The topological polar surface area (TPSA) is 49.3 Å². The first kappa shape index (κ1) is 9.06. The van der Waals surface area contributed by atoms with Gasteiger partial charge in [0.15, 0.2) is 0 Å². The number of carboxylic acid groups (broad SMARTS) is 1. The van der Waals surface area contributed by atoms with Crippen molar-refractivity contribution < 1.29 is 9.90 Å². The maximum atomic E-state index is 10.7. The van der Waals surface area contributed by atoms with Gasteiger partial charge in [0.25, 0.3) is 0 Å². The fourth-order valence-electron chi connectivity index (χ4n) is 2.03. The first-order valence-electron chi connectivity index (χ1n) is 4.76. The summed E-state index contributed by atoms with van der Waals surface area (Å²) in [5, 5.41) is 12.0. The number of fused-ring (bicyclic) bond motifs is 1. The molecule has 1 aliphatic heterocycles. The third-order valence-electron chi connectivity index (χ3n) is 2.63. The lowest BCUT2D eigenvalue weighted by atomic mass is 9.95. The number of carboxylic acids is 1. The van der Waals surface area contributed by atoms with E-state index in [0.717, 1.165) is 17.8 Å².